The van der Waals surface area contributed by atoms with E-state index < -0.39 is 4.92 Å². The minimum atomic E-state index is -0.471. The highest BCUT2D eigenvalue weighted by molar-refractivity contribution is 7.99. The molecule has 3 rings (SSSR count). The van der Waals surface area contributed by atoms with Crippen molar-refractivity contribution in [3.63, 3.8) is 0 Å². The van der Waals surface area contributed by atoms with Gasteiger partial charge in [-0.15, -0.1) is 0 Å². The van der Waals surface area contributed by atoms with Crippen molar-refractivity contribution in [1.82, 2.24) is 15.0 Å². The molecular formula is C14H11N5O3S. The predicted octanol–water partition coefficient (Wildman–Crippen LogP) is 2.60. The van der Waals surface area contributed by atoms with E-state index in [0.717, 1.165) is 0 Å². The molecule has 0 aliphatic heterocycles. The van der Waals surface area contributed by atoms with E-state index in [4.69, 9.17) is 0 Å². The molecule has 0 saturated heterocycles. The molecule has 0 aliphatic carbocycles. The Balaban J connectivity index is 1.65. The standard InChI is InChI=1S/C14H11N5O3S/c20-13(18-12-3-1-2-6-15-12)8-23-14-16-10-5-4-9(19(21)22)7-11(10)17-14/h1-7H,8H2,(H,16,17)(H,15,18,20). The lowest BCUT2D eigenvalue weighted by Crippen LogP contribution is -2.14. The van der Waals surface area contributed by atoms with Crippen molar-refractivity contribution in [1.29, 1.82) is 0 Å². The van der Waals surface area contributed by atoms with Gasteiger partial charge in [-0.05, 0) is 18.2 Å². The monoisotopic (exact) mass is 329 g/mol. The van der Waals surface area contributed by atoms with E-state index in [1.54, 1.807) is 30.5 Å². The van der Waals surface area contributed by atoms with Gasteiger partial charge in [0.25, 0.3) is 5.69 Å². The first kappa shape index (κ1) is 15.0. The Hall–Kier alpha value is -2.94. The van der Waals surface area contributed by atoms with Gasteiger partial charge in [-0.25, -0.2) is 9.97 Å². The fraction of sp³-hybridized carbons (Fsp3) is 0.0714. The van der Waals surface area contributed by atoms with Crippen LogP contribution < -0.4 is 5.32 Å². The van der Waals surface area contributed by atoms with E-state index >= 15 is 0 Å². The quantitative estimate of drug-likeness (QED) is 0.422. The van der Waals surface area contributed by atoms with Crippen LogP contribution in [0.5, 0.6) is 0 Å². The lowest BCUT2D eigenvalue weighted by Gasteiger charge is -2.02. The number of H-pyrrole nitrogens is 1. The van der Waals surface area contributed by atoms with E-state index in [-0.39, 0.29) is 17.3 Å². The molecule has 116 valence electrons. The number of thioether (sulfide) groups is 1. The molecule has 0 unspecified atom stereocenters. The highest BCUT2D eigenvalue weighted by Crippen LogP contribution is 2.23. The highest BCUT2D eigenvalue weighted by Gasteiger charge is 2.11. The minimum absolute atomic E-state index is 0.0200. The van der Waals surface area contributed by atoms with Gasteiger partial charge in [0, 0.05) is 18.3 Å². The molecule has 0 aliphatic rings. The molecule has 9 heteroatoms. The van der Waals surface area contributed by atoms with Crippen molar-refractivity contribution in [3.05, 3.63) is 52.7 Å². The molecule has 2 N–H and O–H groups in total. The number of nitrogens with zero attached hydrogens (tertiary/aromatic N) is 3. The number of anilines is 1. The van der Waals surface area contributed by atoms with Gasteiger partial charge in [0.1, 0.15) is 5.82 Å². The number of imidazole rings is 1. The van der Waals surface area contributed by atoms with E-state index in [1.165, 1.54) is 23.9 Å². The first-order valence-electron chi connectivity index (χ1n) is 6.59. The molecule has 0 fully saturated rings. The molecule has 1 amide bonds. The number of aromatic amines is 1. The van der Waals surface area contributed by atoms with E-state index in [2.05, 4.69) is 20.3 Å². The van der Waals surface area contributed by atoms with Crippen LogP contribution >= 0.6 is 11.8 Å². The molecule has 0 saturated carbocycles. The molecule has 3 aromatic rings. The number of nitrogens with one attached hydrogen (secondary N) is 2. The second kappa shape index (κ2) is 6.44. The fourth-order valence-electron chi connectivity index (χ4n) is 1.90. The molecular weight excluding hydrogens is 318 g/mol. The molecule has 23 heavy (non-hydrogen) atoms. The number of pyridine rings is 1. The second-order valence-electron chi connectivity index (χ2n) is 4.55. The second-order valence-corrected chi connectivity index (χ2v) is 5.52. The maximum Gasteiger partial charge on any atom is 0.271 e. The van der Waals surface area contributed by atoms with Crippen molar-refractivity contribution < 1.29 is 9.72 Å². The summed E-state index contributed by atoms with van der Waals surface area (Å²) in [4.78, 5) is 33.4. The number of aromatic nitrogens is 3. The number of carbonyl (C=O) groups excluding carboxylic acids is 1. The highest BCUT2D eigenvalue weighted by atomic mass is 32.2. The Bertz CT molecular complexity index is 865. The third kappa shape index (κ3) is 3.64. The number of nitro benzene ring substituents is 1. The fourth-order valence-corrected chi connectivity index (χ4v) is 2.59. The minimum Gasteiger partial charge on any atom is -0.333 e. The van der Waals surface area contributed by atoms with Gasteiger partial charge < -0.3 is 10.3 Å². The lowest BCUT2D eigenvalue weighted by atomic mass is 10.3. The van der Waals surface area contributed by atoms with Gasteiger partial charge in [0.2, 0.25) is 5.91 Å². The van der Waals surface area contributed by atoms with Crippen LogP contribution in [0.1, 0.15) is 0 Å². The van der Waals surface area contributed by atoms with Gasteiger partial charge in [-0.2, -0.15) is 0 Å². The van der Waals surface area contributed by atoms with Gasteiger partial charge in [-0.1, -0.05) is 17.8 Å². The Labute approximate surface area is 134 Å². The number of hydrogen-bond acceptors (Lipinski definition) is 6. The van der Waals surface area contributed by atoms with E-state index in [1.807, 2.05) is 0 Å². The van der Waals surface area contributed by atoms with Crippen LogP contribution in [-0.2, 0) is 4.79 Å². The van der Waals surface area contributed by atoms with Crippen LogP contribution in [0.2, 0.25) is 0 Å². The smallest absolute Gasteiger partial charge is 0.271 e. The zero-order valence-corrected chi connectivity index (χ0v) is 12.5. The molecule has 0 atom stereocenters. The van der Waals surface area contributed by atoms with Crippen molar-refractivity contribution in [2.75, 3.05) is 11.1 Å². The number of benzene rings is 1. The summed E-state index contributed by atoms with van der Waals surface area (Å²) >= 11 is 1.21. The number of fused-ring (bicyclic) bond motifs is 1. The molecule has 2 heterocycles. The van der Waals surface area contributed by atoms with Crippen LogP contribution in [0.3, 0.4) is 0 Å². The first-order valence-corrected chi connectivity index (χ1v) is 7.58. The summed E-state index contributed by atoms with van der Waals surface area (Å²) in [6, 6.07) is 9.63. The SMILES string of the molecule is O=C(CSc1nc2cc([N+](=O)[O-])ccc2[nH]1)Nc1ccccn1. The Morgan fingerprint density at radius 1 is 1.35 bits per heavy atom. The maximum absolute atomic E-state index is 11.8. The Morgan fingerprint density at radius 2 is 2.22 bits per heavy atom. The number of hydrogen-bond donors (Lipinski definition) is 2. The predicted molar refractivity (Wildman–Crippen MR) is 86.3 cm³/mol. The van der Waals surface area contributed by atoms with Crippen molar-refractivity contribution in [3.8, 4) is 0 Å². The van der Waals surface area contributed by atoms with Gasteiger partial charge in [-0.3, -0.25) is 14.9 Å². The number of non-ortho nitro benzene ring substituents is 1. The molecule has 2 aromatic heterocycles. The third-order valence-electron chi connectivity index (χ3n) is 2.93. The van der Waals surface area contributed by atoms with E-state index in [9.17, 15) is 14.9 Å². The van der Waals surface area contributed by atoms with Crippen LogP contribution in [-0.4, -0.2) is 31.5 Å². The maximum atomic E-state index is 11.8. The lowest BCUT2D eigenvalue weighted by molar-refractivity contribution is -0.384. The third-order valence-corrected chi connectivity index (χ3v) is 3.80. The molecule has 0 spiro atoms. The average molecular weight is 329 g/mol. The Morgan fingerprint density at radius 3 is 2.96 bits per heavy atom. The molecule has 0 bridgehead atoms. The van der Waals surface area contributed by atoms with E-state index in [0.29, 0.717) is 22.0 Å². The average Bonchev–Trinajstić information content (AvgIpc) is 2.96. The zero-order valence-electron chi connectivity index (χ0n) is 11.7. The van der Waals surface area contributed by atoms with Crippen LogP contribution in [0.4, 0.5) is 11.5 Å². The largest absolute Gasteiger partial charge is 0.333 e. The summed E-state index contributed by atoms with van der Waals surface area (Å²) < 4.78 is 0. The number of carbonyl (C=O) groups is 1. The summed E-state index contributed by atoms with van der Waals surface area (Å²) in [6.07, 6.45) is 1.59. The Kier molecular flexibility index (Phi) is 4.20. The number of amides is 1. The van der Waals surface area contributed by atoms with Crippen molar-refractivity contribution in [2.24, 2.45) is 0 Å². The van der Waals surface area contributed by atoms with Gasteiger partial charge >= 0.3 is 0 Å². The molecule has 0 radical (unpaired) electrons. The zero-order chi connectivity index (χ0) is 16.2. The van der Waals surface area contributed by atoms with Crippen molar-refractivity contribution in [2.45, 2.75) is 5.16 Å². The molecule has 1 aromatic carbocycles. The first-order chi connectivity index (χ1) is 11.1. The van der Waals surface area contributed by atoms with Gasteiger partial charge in [0.05, 0.1) is 21.7 Å². The van der Waals surface area contributed by atoms with Crippen LogP contribution in [0, 0.1) is 10.1 Å². The normalized spacial score (nSPS) is 10.6. The number of rotatable bonds is 5. The van der Waals surface area contributed by atoms with Crippen molar-refractivity contribution >= 4 is 40.2 Å². The summed E-state index contributed by atoms with van der Waals surface area (Å²) in [7, 11) is 0. The molecule has 8 nitrogen and oxygen atoms in total. The van der Waals surface area contributed by atoms with Crippen LogP contribution in [0.25, 0.3) is 11.0 Å². The summed E-state index contributed by atoms with van der Waals surface area (Å²) in [5.41, 5.74) is 1.16. The van der Waals surface area contributed by atoms with Crippen LogP contribution in [0.15, 0.2) is 47.8 Å². The van der Waals surface area contributed by atoms with Gasteiger partial charge in [0.15, 0.2) is 5.16 Å². The summed E-state index contributed by atoms with van der Waals surface area (Å²) in [6.45, 7) is 0. The number of nitro groups is 1. The summed E-state index contributed by atoms with van der Waals surface area (Å²) in [5.74, 6) is 0.428. The topological polar surface area (TPSA) is 114 Å². The summed E-state index contributed by atoms with van der Waals surface area (Å²) in [5, 5.41) is 13.9.